The van der Waals surface area contributed by atoms with Gasteiger partial charge in [0.25, 0.3) is 0 Å². The number of hydrogen-bond acceptors (Lipinski definition) is 2. The smallest absolute Gasteiger partial charge is 0.153 e. The van der Waals surface area contributed by atoms with Crippen LogP contribution < -0.4 is 5.73 Å². The van der Waals surface area contributed by atoms with Crippen LogP contribution in [0.4, 0.5) is 0 Å². The first-order chi connectivity index (χ1) is 9.69. The lowest BCUT2D eigenvalue weighted by atomic mass is 10.0. The number of nitrogens with two attached hydrogens (primary N) is 1. The van der Waals surface area contributed by atoms with E-state index in [0.717, 1.165) is 34.3 Å². The van der Waals surface area contributed by atoms with Crippen molar-refractivity contribution in [2.75, 3.05) is 0 Å². The Balaban J connectivity index is 2.09. The minimum atomic E-state index is 0.0583. The number of para-hydroxylation sites is 1. The van der Waals surface area contributed by atoms with Gasteiger partial charge in [0.15, 0.2) is 5.58 Å². The fourth-order valence-corrected chi connectivity index (χ4v) is 2.55. The van der Waals surface area contributed by atoms with Crippen molar-refractivity contribution in [3.63, 3.8) is 0 Å². The topological polar surface area (TPSA) is 39.2 Å². The molecule has 102 valence electrons. The minimum absolute atomic E-state index is 0.0583. The van der Waals surface area contributed by atoms with Crippen LogP contribution in [0.25, 0.3) is 22.3 Å². The fraction of sp³-hybridized carbons (Fsp3) is 0.176. The van der Waals surface area contributed by atoms with Crippen LogP contribution in [0.2, 0.25) is 5.02 Å². The Morgan fingerprint density at radius 2 is 1.95 bits per heavy atom. The van der Waals surface area contributed by atoms with Gasteiger partial charge in [-0.3, -0.25) is 0 Å². The average Bonchev–Trinajstić information content (AvgIpc) is 2.92. The zero-order valence-corrected chi connectivity index (χ0v) is 12.0. The standard InChI is InChI=1S/C17H16ClNO/c1-2-15(19)11-5-3-6-12(9-11)16-10-13-7-4-8-14(18)17(13)20-16/h3-10,15H,2,19H2,1H3. The first-order valence-corrected chi connectivity index (χ1v) is 7.11. The molecule has 1 unspecified atom stereocenters. The monoisotopic (exact) mass is 285 g/mol. The Bertz CT molecular complexity index is 748. The van der Waals surface area contributed by atoms with Gasteiger partial charge in [-0.15, -0.1) is 0 Å². The molecule has 1 aromatic heterocycles. The number of rotatable bonds is 3. The molecule has 0 saturated heterocycles. The zero-order valence-electron chi connectivity index (χ0n) is 11.3. The van der Waals surface area contributed by atoms with Crippen LogP contribution in [0, 0.1) is 0 Å². The lowest BCUT2D eigenvalue weighted by Crippen LogP contribution is -2.08. The number of hydrogen-bond donors (Lipinski definition) is 1. The molecular weight excluding hydrogens is 270 g/mol. The van der Waals surface area contributed by atoms with Crippen LogP contribution in [-0.2, 0) is 0 Å². The lowest BCUT2D eigenvalue weighted by molar-refractivity contribution is 0.631. The van der Waals surface area contributed by atoms with Gasteiger partial charge in [0.05, 0.1) is 5.02 Å². The first-order valence-electron chi connectivity index (χ1n) is 6.73. The summed E-state index contributed by atoms with van der Waals surface area (Å²) in [5.41, 5.74) is 8.97. The van der Waals surface area contributed by atoms with E-state index in [9.17, 15) is 0 Å². The Morgan fingerprint density at radius 1 is 1.15 bits per heavy atom. The second kappa shape index (κ2) is 5.31. The Hall–Kier alpha value is -1.77. The van der Waals surface area contributed by atoms with E-state index in [1.165, 1.54) is 0 Å². The average molecular weight is 286 g/mol. The maximum Gasteiger partial charge on any atom is 0.153 e. The molecule has 1 atom stereocenters. The van der Waals surface area contributed by atoms with Crippen LogP contribution in [0.5, 0.6) is 0 Å². The van der Waals surface area contributed by atoms with Crippen LogP contribution in [0.1, 0.15) is 24.9 Å². The molecule has 3 aromatic rings. The van der Waals surface area contributed by atoms with Gasteiger partial charge in [-0.25, -0.2) is 0 Å². The molecule has 0 spiro atoms. The highest BCUT2D eigenvalue weighted by molar-refractivity contribution is 6.34. The van der Waals surface area contributed by atoms with Gasteiger partial charge in [0.1, 0.15) is 5.76 Å². The van der Waals surface area contributed by atoms with E-state index in [-0.39, 0.29) is 6.04 Å². The summed E-state index contributed by atoms with van der Waals surface area (Å²) in [6, 6.07) is 16.0. The summed E-state index contributed by atoms with van der Waals surface area (Å²) in [7, 11) is 0. The minimum Gasteiger partial charge on any atom is -0.455 e. The molecule has 2 N–H and O–H groups in total. The summed E-state index contributed by atoms with van der Waals surface area (Å²) in [6.45, 7) is 2.08. The van der Waals surface area contributed by atoms with Crippen molar-refractivity contribution < 1.29 is 4.42 Å². The van der Waals surface area contributed by atoms with Gasteiger partial charge >= 0.3 is 0 Å². The second-order valence-electron chi connectivity index (χ2n) is 4.91. The highest BCUT2D eigenvalue weighted by atomic mass is 35.5. The number of fused-ring (bicyclic) bond motifs is 1. The second-order valence-corrected chi connectivity index (χ2v) is 5.32. The van der Waals surface area contributed by atoms with E-state index in [1.807, 2.05) is 42.5 Å². The first kappa shape index (κ1) is 13.2. The summed E-state index contributed by atoms with van der Waals surface area (Å²) in [5.74, 6) is 0.818. The van der Waals surface area contributed by atoms with E-state index >= 15 is 0 Å². The lowest BCUT2D eigenvalue weighted by Gasteiger charge is -2.09. The largest absolute Gasteiger partial charge is 0.455 e. The van der Waals surface area contributed by atoms with E-state index in [4.69, 9.17) is 21.8 Å². The van der Waals surface area contributed by atoms with Gasteiger partial charge in [-0.1, -0.05) is 48.9 Å². The fourth-order valence-electron chi connectivity index (χ4n) is 2.33. The molecule has 3 heteroatoms. The van der Waals surface area contributed by atoms with E-state index < -0.39 is 0 Å². The Labute approximate surface area is 123 Å². The molecule has 0 aliphatic carbocycles. The van der Waals surface area contributed by atoms with Crippen LogP contribution in [0.15, 0.2) is 52.9 Å². The number of furan rings is 1. The molecule has 1 heterocycles. The maximum atomic E-state index is 6.15. The molecule has 0 amide bonds. The summed E-state index contributed by atoms with van der Waals surface area (Å²) in [6.07, 6.45) is 0.912. The molecule has 0 fully saturated rings. The molecule has 0 bridgehead atoms. The van der Waals surface area contributed by atoms with Crippen molar-refractivity contribution in [2.45, 2.75) is 19.4 Å². The van der Waals surface area contributed by atoms with Crippen LogP contribution in [-0.4, -0.2) is 0 Å². The third-order valence-electron chi connectivity index (χ3n) is 3.54. The Morgan fingerprint density at radius 3 is 2.70 bits per heavy atom. The maximum absolute atomic E-state index is 6.15. The van der Waals surface area contributed by atoms with Crippen molar-refractivity contribution in [3.8, 4) is 11.3 Å². The molecule has 0 saturated carbocycles. The quantitative estimate of drug-likeness (QED) is 0.721. The number of benzene rings is 2. The molecular formula is C17H16ClNO. The third kappa shape index (κ3) is 2.33. The molecule has 3 rings (SSSR count). The van der Waals surface area contributed by atoms with Crippen molar-refractivity contribution in [1.82, 2.24) is 0 Å². The predicted octanol–water partition coefficient (Wildman–Crippen LogP) is 5.16. The van der Waals surface area contributed by atoms with Gasteiger partial charge in [0, 0.05) is 17.0 Å². The van der Waals surface area contributed by atoms with Crippen molar-refractivity contribution in [1.29, 1.82) is 0 Å². The molecule has 2 nitrogen and oxygen atoms in total. The van der Waals surface area contributed by atoms with Gasteiger partial charge in [-0.05, 0) is 30.2 Å². The van der Waals surface area contributed by atoms with Crippen molar-refractivity contribution in [2.24, 2.45) is 5.73 Å². The molecule has 0 radical (unpaired) electrons. The molecule has 0 aliphatic rings. The Kier molecular flexibility index (Phi) is 3.51. The predicted molar refractivity (Wildman–Crippen MR) is 83.9 cm³/mol. The highest BCUT2D eigenvalue weighted by Gasteiger charge is 2.10. The molecule has 2 aromatic carbocycles. The van der Waals surface area contributed by atoms with E-state index in [0.29, 0.717) is 5.02 Å². The number of halogens is 1. The van der Waals surface area contributed by atoms with E-state index in [2.05, 4.69) is 13.0 Å². The van der Waals surface area contributed by atoms with Crippen molar-refractivity contribution in [3.05, 3.63) is 59.1 Å². The summed E-state index contributed by atoms with van der Waals surface area (Å²) in [4.78, 5) is 0. The highest BCUT2D eigenvalue weighted by Crippen LogP contribution is 2.32. The van der Waals surface area contributed by atoms with E-state index in [1.54, 1.807) is 0 Å². The molecule has 20 heavy (non-hydrogen) atoms. The molecule has 0 aliphatic heterocycles. The third-order valence-corrected chi connectivity index (χ3v) is 3.83. The zero-order chi connectivity index (χ0) is 14.1. The SMILES string of the molecule is CCC(N)c1cccc(-c2cc3cccc(Cl)c3o2)c1. The summed E-state index contributed by atoms with van der Waals surface area (Å²) < 4.78 is 5.88. The van der Waals surface area contributed by atoms with Crippen LogP contribution in [0.3, 0.4) is 0 Å². The van der Waals surface area contributed by atoms with Gasteiger partial charge in [0.2, 0.25) is 0 Å². The summed E-state index contributed by atoms with van der Waals surface area (Å²) >= 11 is 6.15. The van der Waals surface area contributed by atoms with Crippen molar-refractivity contribution >= 4 is 22.6 Å². The van der Waals surface area contributed by atoms with Gasteiger partial charge in [-0.2, -0.15) is 0 Å². The summed E-state index contributed by atoms with van der Waals surface area (Å²) in [5, 5.41) is 1.65. The van der Waals surface area contributed by atoms with Crippen LogP contribution >= 0.6 is 11.6 Å². The van der Waals surface area contributed by atoms with Gasteiger partial charge < -0.3 is 10.2 Å². The normalized spacial score (nSPS) is 12.8.